The molecule has 0 spiro atoms. The molecule has 0 amide bonds. The van der Waals surface area contributed by atoms with Crippen LogP contribution in [0.4, 0.5) is 0 Å². The van der Waals surface area contributed by atoms with Gasteiger partial charge in [-0.3, -0.25) is 4.79 Å². The van der Waals surface area contributed by atoms with Gasteiger partial charge in [-0.25, -0.2) is 0 Å². The second-order valence-corrected chi connectivity index (χ2v) is 5.69. The summed E-state index contributed by atoms with van der Waals surface area (Å²) < 4.78 is 0. The van der Waals surface area contributed by atoms with Crippen LogP contribution in [0.5, 0.6) is 0 Å². The Morgan fingerprint density at radius 1 is 1.13 bits per heavy atom. The lowest BCUT2D eigenvalue weighted by Crippen LogP contribution is -2.11. The summed E-state index contributed by atoms with van der Waals surface area (Å²) >= 11 is 0. The summed E-state index contributed by atoms with van der Waals surface area (Å²) in [6, 6.07) is 13.9. The Bertz CT molecular complexity index is 781. The predicted molar refractivity (Wildman–Crippen MR) is 93.2 cm³/mol. The van der Waals surface area contributed by atoms with Crippen LogP contribution < -0.4 is 0 Å². The van der Waals surface area contributed by atoms with Crippen molar-refractivity contribution < 1.29 is 4.79 Å². The maximum Gasteiger partial charge on any atom is 0.176 e. The molecule has 23 heavy (non-hydrogen) atoms. The lowest BCUT2D eigenvalue weighted by Gasteiger charge is -2.14. The molecule has 0 aromatic heterocycles. The van der Waals surface area contributed by atoms with E-state index in [1.807, 2.05) is 63.2 Å². The number of Topliss-reactive ketones (excluding diaryl/α,β-unsaturated/α-hetero) is 1. The van der Waals surface area contributed by atoms with E-state index in [9.17, 15) is 4.79 Å². The first-order valence-corrected chi connectivity index (χ1v) is 7.42. The maximum atomic E-state index is 12.8. The molecular formula is C19H19N3O. The topological polar surface area (TPSA) is 65.8 Å². The number of ketones is 1. The molecule has 2 aromatic rings. The first-order valence-electron chi connectivity index (χ1n) is 7.42. The van der Waals surface area contributed by atoms with E-state index in [-0.39, 0.29) is 5.78 Å². The van der Waals surface area contributed by atoms with Crippen molar-refractivity contribution in [1.82, 2.24) is 0 Å². The van der Waals surface area contributed by atoms with Gasteiger partial charge in [0.25, 0.3) is 0 Å². The Balaban J connectivity index is 2.51. The number of carbonyl (C=O) groups is 1. The van der Waals surface area contributed by atoms with E-state index in [4.69, 9.17) is 5.53 Å². The molecule has 0 heterocycles. The van der Waals surface area contributed by atoms with Crippen molar-refractivity contribution in [2.45, 2.75) is 26.8 Å². The summed E-state index contributed by atoms with van der Waals surface area (Å²) in [7, 11) is 0. The van der Waals surface area contributed by atoms with Crippen LogP contribution in [0.25, 0.3) is 16.5 Å². The second-order valence-electron chi connectivity index (χ2n) is 5.69. The molecule has 0 N–H and O–H groups in total. The van der Waals surface area contributed by atoms with Crippen molar-refractivity contribution >= 4 is 11.9 Å². The minimum Gasteiger partial charge on any atom is -0.293 e. The lowest BCUT2D eigenvalue weighted by atomic mass is 9.93. The first-order chi connectivity index (χ1) is 11.0. The number of hydrogen-bond donors (Lipinski definition) is 0. The summed E-state index contributed by atoms with van der Waals surface area (Å²) in [6.07, 6.45) is 1.98. The maximum absolute atomic E-state index is 12.8. The van der Waals surface area contributed by atoms with Crippen LogP contribution in [-0.2, 0) is 0 Å². The standard InChI is InChI=1S/C19H19N3O/c1-13(2)12-16-6-4-5-7-17(16)18(21-22-20)19(23)15-10-8-14(3)9-11-15/h4-12,18H,1-3H3. The molecule has 0 saturated heterocycles. The van der Waals surface area contributed by atoms with Crippen LogP contribution in [0.1, 0.15) is 46.9 Å². The van der Waals surface area contributed by atoms with Crippen LogP contribution >= 0.6 is 0 Å². The van der Waals surface area contributed by atoms with Gasteiger partial charge in [0, 0.05) is 10.5 Å². The summed E-state index contributed by atoms with van der Waals surface area (Å²) in [5.41, 5.74) is 13.2. The fourth-order valence-corrected chi connectivity index (χ4v) is 2.39. The van der Waals surface area contributed by atoms with Crippen molar-refractivity contribution in [2.24, 2.45) is 5.11 Å². The van der Waals surface area contributed by atoms with Gasteiger partial charge in [0.2, 0.25) is 0 Å². The largest absolute Gasteiger partial charge is 0.293 e. The molecule has 0 aliphatic carbocycles. The molecule has 4 heteroatoms. The molecule has 0 saturated carbocycles. The zero-order valence-corrected chi connectivity index (χ0v) is 13.5. The van der Waals surface area contributed by atoms with Crippen molar-refractivity contribution in [1.29, 1.82) is 0 Å². The zero-order chi connectivity index (χ0) is 16.8. The number of hydrogen-bond acceptors (Lipinski definition) is 2. The SMILES string of the molecule is CC(C)=Cc1ccccc1C(N=[N+]=[N-])C(=O)c1ccc(C)cc1. The van der Waals surface area contributed by atoms with Gasteiger partial charge in [0.15, 0.2) is 5.78 Å². The number of benzene rings is 2. The summed E-state index contributed by atoms with van der Waals surface area (Å²) in [6.45, 7) is 5.94. The molecule has 1 atom stereocenters. The van der Waals surface area contributed by atoms with E-state index in [0.29, 0.717) is 5.56 Å². The van der Waals surface area contributed by atoms with Crippen LogP contribution in [0, 0.1) is 6.92 Å². The average molecular weight is 305 g/mol. The quantitative estimate of drug-likeness (QED) is 0.304. The summed E-state index contributed by atoms with van der Waals surface area (Å²) in [5, 5.41) is 3.76. The van der Waals surface area contributed by atoms with Gasteiger partial charge in [-0.05, 0) is 37.4 Å². The molecule has 0 aliphatic heterocycles. The van der Waals surface area contributed by atoms with E-state index in [0.717, 1.165) is 22.3 Å². The normalized spacial score (nSPS) is 11.3. The van der Waals surface area contributed by atoms with Gasteiger partial charge in [0.1, 0.15) is 6.04 Å². The van der Waals surface area contributed by atoms with E-state index in [1.165, 1.54) is 0 Å². The van der Waals surface area contributed by atoms with Crippen molar-refractivity contribution in [3.8, 4) is 0 Å². The van der Waals surface area contributed by atoms with E-state index < -0.39 is 6.04 Å². The van der Waals surface area contributed by atoms with Crippen molar-refractivity contribution in [3.63, 3.8) is 0 Å². The van der Waals surface area contributed by atoms with Gasteiger partial charge < -0.3 is 0 Å². The highest BCUT2D eigenvalue weighted by Crippen LogP contribution is 2.27. The highest BCUT2D eigenvalue weighted by Gasteiger charge is 2.22. The summed E-state index contributed by atoms with van der Waals surface area (Å²) in [5.74, 6) is -0.197. The molecule has 0 aliphatic rings. The molecule has 0 fully saturated rings. The molecule has 2 aromatic carbocycles. The molecule has 116 valence electrons. The molecule has 0 bridgehead atoms. The number of carbonyl (C=O) groups excluding carboxylic acids is 1. The Hall–Kier alpha value is -2.84. The van der Waals surface area contributed by atoms with Gasteiger partial charge in [0.05, 0.1) is 0 Å². The first kappa shape index (κ1) is 16.5. The smallest absolute Gasteiger partial charge is 0.176 e. The second kappa shape index (κ2) is 7.43. The average Bonchev–Trinajstić information content (AvgIpc) is 2.53. The number of azide groups is 1. The third kappa shape index (κ3) is 4.09. The van der Waals surface area contributed by atoms with E-state index in [2.05, 4.69) is 10.0 Å². The third-order valence-corrected chi connectivity index (χ3v) is 3.49. The number of rotatable bonds is 5. The van der Waals surface area contributed by atoms with Crippen LogP contribution in [0.3, 0.4) is 0 Å². The van der Waals surface area contributed by atoms with Crippen LogP contribution in [0.15, 0.2) is 59.2 Å². The highest BCUT2D eigenvalue weighted by molar-refractivity contribution is 6.01. The van der Waals surface area contributed by atoms with E-state index >= 15 is 0 Å². The Kier molecular flexibility index (Phi) is 5.34. The molecular weight excluding hydrogens is 286 g/mol. The van der Waals surface area contributed by atoms with Crippen molar-refractivity contribution in [2.75, 3.05) is 0 Å². The minimum absolute atomic E-state index is 0.197. The van der Waals surface area contributed by atoms with Crippen molar-refractivity contribution in [3.05, 3.63) is 86.8 Å². The van der Waals surface area contributed by atoms with Crippen LogP contribution in [0.2, 0.25) is 0 Å². The summed E-state index contributed by atoms with van der Waals surface area (Å²) in [4.78, 5) is 15.7. The van der Waals surface area contributed by atoms with Gasteiger partial charge in [-0.15, -0.1) is 0 Å². The van der Waals surface area contributed by atoms with Gasteiger partial charge >= 0.3 is 0 Å². The molecule has 1 unspecified atom stereocenters. The fraction of sp³-hybridized carbons (Fsp3) is 0.211. The Morgan fingerprint density at radius 3 is 2.39 bits per heavy atom. The van der Waals surface area contributed by atoms with Gasteiger partial charge in [-0.1, -0.05) is 70.9 Å². The number of aryl methyl sites for hydroxylation is 1. The number of nitrogens with zero attached hydrogens (tertiary/aromatic N) is 3. The lowest BCUT2D eigenvalue weighted by molar-refractivity contribution is 0.0961. The number of allylic oxidation sites excluding steroid dienone is 1. The van der Waals surface area contributed by atoms with E-state index in [1.54, 1.807) is 12.1 Å². The predicted octanol–water partition coefficient (Wildman–Crippen LogP) is 5.65. The fourth-order valence-electron chi connectivity index (χ4n) is 2.39. The third-order valence-electron chi connectivity index (χ3n) is 3.49. The Morgan fingerprint density at radius 2 is 1.78 bits per heavy atom. The molecule has 0 radical (unpaired) electrons. The molecule has 2 rings (SSSR count). The molecule has 4 nitrogen and oxygen atoms in total. The zero-order valence-electron chi connectivity index (χ0n) is 13.5. The highest BCUT2D eigenvalue weighted by atomic mass is 16.1. The Labute approximate surface area is 136 Å². The monoisotopic (exact) mass is 305 g/mol. The van der Waals surface area contributed by atoms with Gasteiger partial charge in [-0.2, -0.15) is 0 Å². The minimum atomic E-state index is -0.866. The van der Waals surface area contributed by atoms with Crippen LogP contribution in [-0.4, -0.2) is 5.78 Å².